The average molecular weight is 606 g/mol. The van der Waals surface area contributed by atoms with Gasteiger partial charge in [0.2, 0.25) is 11.1 Å². The number of benzene rings is 2. The van der Waals surface area contributed by atoms with E-state index in [4.69, 9.17) is 42.5 Å². The number of hydrogen-bond donors (Lipinski definition) is 1. The summed E-state index contributed by atoms with van der Waals surface area (Å²) in [5.74, 6) is 2.17. The van der Waals surface area contributed by atoms with Gasteiger partial charge in [-0.1, -0.05) is 67.4 Å². The standard InChI is InChI=1S/C29H34Cl2N4O4S/c1-5-8-13-38-27(36)25-18(4)32-28-33-29(40-14-6-2)34-35(28)26(25)19-10-12-23(24(15-19)37-7-3)39-17-20-9-11-21(30)16-22(20)31/h9-12,15-16,26H,5-8,13-14,17H2,1-4H3,(H,32,33,34). The lowest BCUT2D eigenvalue weighted by atomic mass is 9.95. The molecule has 3 aromatic rings. The quantitative estimate of drug-likeness (QED) is 0.121. The van der Waals surface area contributed by atoms with Crippen molar-refractivity contribution in [3.63, 3.8) is 0 Å². The van der Waals surface area contributed by atoms with E-state index >= 15 is 0 Å². The Balaban J connectivity index is 1.71. The van der Waals surface area contributed by atoms with Crippen LogP contribution in [-0.2, 0) is 16.1 Å². The first-order valence-corrected chi connectivity index (χ1v) is 15.2. The van der Waals surface area contributed by atoms with Gasteiger partial charge in [-0.2, -0.15) is 4.98 Å². The number of carbonyl (C=O) groups is 1. The Morgan fingerprint density at radius 3 is 2.62 bits per heavy atom. The summed E-state index contributed by atoms with van der Waals surface area (Å²) in [4.78, 5) is 18.1. The third-order valence-electron chi connectivity index (χ3n) is 6.20. The van der Waals surface area contributed by atoms with E-state index < -0.39 is 6.04 Å². The van der Waals surface area contributed by atoms with Gasteiger partial charge in [0.15, 0.2) is 11.5 Å². The van der Waals surface area contributed by atoms with E-state index in [9.17, 15) is 4.79 Å². The number of nitrogens with zero attached hydrogens (tertiary/aromatic N) is 3. The number of anilines is 1. The van der Waals surface area contributed by atoms with Gasteiger partial charge in [-0.05, 0) is 56.5 Å². The zero-order chi connectivity index (χ0) is 28.6. The van der Waals surface area contributed by atoms with Crippen LogP contribution in [0.5, 0.6) is 11.5 Å². The first-order chi connectivity index (χ1) is 19.4. The van der Waals surface area contributed by atoms with Crippen molar-refractivity contribution in [3.05, 3.63) is 68.8 Å². The van der Waals surface area contributed by atoms with Gasteiger partial charge < -0.3 is 19.5 Å². The Kier molecular flexibility index (Phi) is 10.6. The van der Waals surface area contributed by atoms with Crippen LogP contribution < -0.4 is 14.8 Å². The smallest absolute Gasteiger partial charge is 0.338 e. The van der Waals surface area contributed by atoms with E-state index in [-0.39, 0.29) is 12.6 Å². The van der Waals surface area contributed by atoms with Gasteiger partial charge in [0.1, 0.15) is 12.6 Å². The second-order valence-corrected chi connectivity index (χ2v) is 11.1. The lowest BCUT2D eigenvalue weighted by molar-refractivity contribution is -0.139. The Morgan fingerprint density at radius 1 is 1.07 bits per heavy atom. The Hall–Kier alpha value is -2.88. The van der Waals surface area contributed by atoms with Crippen molar-refractivity contribution < 1.29 is 19.0 Å². The molecule has 1 atom stereocenters. The van der Waals surface area contributed by atoms with Crippen LogP contribution in [0.1, 0.15) is 64.1 Å². The predicted molar refractivity (Wildman–Crippen MR) is 160 cm³/mol. The summed E-state index contributed by atoms with van der Waals surface area (Å²) in [7, 11) is 0. The van der Waals surface area contributed by atoms with Gasteiger partial charge in [0, 0.05) is 27.1 Å². The molecule has 4 rings (SSSR count). The molecule has 40 heavy (non-hydrogen) atoms. The fraction of sp³-hybridized carbons (Fsp3) is 0.414. The van der Waals surface area contributed by atoms with Crippen molar-refractivity contribution in [2.75, 3.05) is 24.3 Å². The number of aromatic nitrogens is 3. The van der Waals surface area contributed by atoms with Gasteiger partial charge in [0.25, 0.3) is 0 Å². The lowest BCUT2D eigenvalue weighted by Gasteiger charge is -2.28. The Morgan fingerprint density at radius 2 is 1.90 bits per heavy atom. The average Bonchev–Trinajstić information content (AvgIpc) is 3.33. The summed E-state index contributed by atoms with van der Waals surface area (Å²) in [6, 6.07) is 10.4. The Labute approximate surface area is 249 Å². The van der Waals surface area contributed by atoms with Crippen LogP contribution in [0.3, 0.4) is 0 Å². The maximum atomic E-state index is 13.4. The molecule has 2 heterocycles. The number of unbranched alkanes of at least 4 members (excludes halogenated alkanes) is 1. The number of esters is 1. The first-order valence-electron chi connectivity index (χ1n) is 13.4. The molecule has 0 bridgehead atoms. The van der Waals surface area contributed by atoms with Crippen LogP contribution in [0.2, 0.25) is 10.0 Å². The number of thioether (sulfide) groups is 1. The monoisotopic (exact) mass is 604 g/mol. The molecule has 2 aromatic carbocycles. The minimum atomic E-state index is -0.562. The number of ether oxygens (including phenoxy) is 3. The minimum Gasteiger partial charge on any atom is -0.490 e. The zero-order valence-electron chi connectivity index (χ0n) is 23.1. The molecule has 0 fully saturated rings. The summed E-state index contributed by atoms with van der Waals surface area (Å²) >= 11 is 14.0. The van der Waals surface area contributed by atoms with Crippen LogP contribution in [0, 0.1) is 0 Å². The van der Waals surface area contributed by atoms with Gasteiger partial charge in [-0.25, -0.2) is 9.48 Å². The summed E-state index contributed by atoms with van der Waals surface area (Å²) in [5, 5.41) is 9.75. The highest BCUT2D eigenvalue weighted by Crippen LogP contribution is 2.40. The number of rotatable bonds is 13. The number of allylic oxidation sites excluding steroid dienone is 1. The molecule has 1 aromatic heterocycles. The minimum absolute atomic E-state index is 0.238. The number of nitrogens with one attached hydrogen (secondary N) is 1. The summed E-state index contributed by atoms with van der Waals surface area (Å²) in [5.41, 5.74) is 2.75. The number of fused-ring (bicyclic) bond motifs is 1. The van der Waals surface area contributed by atoms with Crippen molar-refractivity contribution in [1.29, 1.82) is 0 Å². The van der Waals surface area contributed by atoms with Crippen LogP contribution >= 0.6 is 35.0 Å². The molecular formula is C29H34Cl2N4O4S. The van der Waals surface area contributed by atoms with Crippen molar-refractivity contribution >= 4 is 46.9 Å². The van der Waals surface area contributed by atoms with Gasteiger partial charge >= 0.3 is 5.97 Å². The predicted octanol–water partition coefficient (Wildman–Crippen LogP) is 7.70. The van der Waals surface area contributed by atoms with Crippen molar-refractivity contribution in [3.8, 4) is 11.5 Å². The Bertz CT molecular complexity index is 1380. The summed E-state index contributed by atoms with van der Waals surface area (Å²) in [6.45, 7) is 8.95. The largest absolute Gasteiger partial charge is 0.490 e. The molecule has 0 saturated heterocycles. The molecule has 214 valence electrons. The molecule has 0 radical (unpaired) electrons. The van der Waals surface area contributed by atoms with Crippen LogP contribution in [-0.4, -0.2) is 39.7 Å². The molecule has 8 nitrogen and oxygen atoms in total. The molecule has 1 N–H and O–H groups in total. The maximum Gasteiger partial charge on any atom is 0.338 e. The molecule has 1 aliphatic rings. The summed E-state index contributed by atoms with van der Waals surface area (Å²) in [6.07, 6.45) is 2.72. The van der Waals surface area contributed by atoms with E-state index in [0.29, 0.717) is 57.1 Å². The lowest BCUT2D eigenvalue weighted by Crippen LogP contribution is -2.30. The van der Waals surface area contributed by atoms with Crippen LogP contribution in [0.4, 0.5) is 5.95 Å². The highest BCUT2D eigenvalue weighted by molar-refractivity contribution is 7.99. The zero-order valence-corrected chi connectivity index (χ0v) is 25.5. The van der Waals surface area contributed by atoms with Gasteiger partial charge in [-0.3, -0.25) is 0 Å². The second kappa shape index (κ2) is 14.1. The fourth-order valence-electron chi connectivity index (χ4n) is 4.22. The van der Waals surface area contributed by atoms with E-state index in [0.717, 1.165) is 36.1 Å². The number of carbonyl (C=O) groups excluding carboxylic acids is 1. The van der Waals surface area contributed by atoms with Crippen molar-refractivity contribution in [2.24, 2.45) is 0 Å². The third-order valence-corrected chi connectivity index (χ3v) is 7.83. The summed E-state index contributed by atoms with van der Waals surface area (Å²) < 4.78 is 19.5. The van der Waals surface area contributed by atoms with Gasteiger partial charge in [-0.15, -0.1) is 5.10 Å². The number of hydrogen-bond acceptors (Lipinski definition) is 8. The SMILES string of the molecule is CCCCOC(=O)C1=C(C)Nc2nc(SCCC)nn2C1c1ccc(OCc2ccc(Cl)cc2Cl)c(OCC)c1. The highest BCUT2D eigenvalue weighted by Gasteiger charge is 2.35. The molecule has 1 aliphatic heterocycles. The first kappa shape index (κ1) is 30.1. The van der Waals surface area contributed by atoms with Gasteiger partial charge in [0.05, 0.1) is 18.8 Å². The number of halogens is 2. The van der Waals surface area contributed by atoms with E-state index in [1.807, 2.05) is 38.1 Å². The van der Waals surface area contributed by atoms with Crippen molar-refractivity contribution in [2.45, 2.75) is 64.8 Å². The molecule has 11 heteroatoms. The van der Waals surface area contributed by atoms with E-state index in [1.54, 1.807) is 28.6 Å². The molecular weight excluding hydrogens is 571 g/mol. The van der Waals surface area contributed by atoms with E-state index in [1.165, 1.54) is 0 Å². The third kappa shape index (κ3) is 7.06. The molecule has 0 aliphatic carbocycles. The van der Waals surface area contributed by atoms with Crippen LogP contribution in [0.25, 0.3) is 0 Å². The molecule has 0 saturated carbocycles. The molecule has 0 amide bonds. The fourth-order valence-corrected chi connectivity index (χ4v) is 5.37. The topological polar surface area (TPSA) is 87.5 Å². The molecule has 0 spiro atoms. The maximum absolute atomic E-state index is 13.4. The highest BCUT2D eigenvalue weighted by atomic mass is 35.5. The van der Waals surface area contributed by atoms with Crippen molar-refractivity contribution in [1.82, 2.24) is 14.8 Å². The van der Waals surface area contributed by atoms with E-state index in [2.05, 4.69) is 24.1 Å². The second-order valence-electron chi connectivity index (χ2n) is 9.23. The molecule has 1 unspecified atom stereocenters. The van der Waals surface area contributed by atoms with Crippen LogP contribution in [0.15, 0.2) is 52.8 Å². The normalized spacial score (nSPS) is 14.5.